The van der Waals surface area contributed by atoms with Gasteiger partial charge in [-0.25, -0.2) is 4.39 Å². The molecule has 1 atom stereocenters. The molecule has 0 radical (unpaired) electrons. The van der Waals surface area contributed by atoms with Crippen molar-refractivity contribution in [1.29, 1.82) is 0 Å². The number of ether oxygens (including phenoxy) is 1. The lowest BCUT2D eigenvalue weighted by molar-refractivity contribution is 0.0660. The van der Waals surface area contributed by atoms with Crippen LogP contribution < -0.4 is 9.64 Å². The van der Waals surface area contributed by atoms with Crippen LogP contribution in [0, 0.1) is 19.7 Å². The Hall–Kier alpha value is -2.11. The molecule has 26 heavy (non-hydrogen) atoms. The van der Waals surface area contributed by atoms with Gasteiger partial charge >= 0.3 is 0 Å². The summed E-state index contributed by atoms with van der Waals surface area (Å²) >= 11 is 0. The van der Waals surface area contributed by atoms with Crippen LogP contribution in [0.15, 0.2) is 42.5 Å². The molecule has 0 aliphatic carbocycles. The van der Waals surface area contributed by atoms with Gasteiger partial charge in [0.1, 0.15) is 24.3 Å². The van der Waals surface area contributed by atoms with Crippen molar-refractivity contribution in [3.05, 3.63) is 59.4 Å². The van der Waals surface area contributed by atoms with Gasteiger partial charge in [-0.1, -0.05) is 29.8 Å². The van der Waals surface area contributed by atoms with Crippen LogP contribution in [0.3, 0.4) is 0 Å². The number of nitrogens with zero attached hydrogens (tertiary/aromatic N) is 2. The number of hydrogen-bond donors (Lipinski definition) is 1. The van der Waals surface area contributed by atoms with Gasteiger partial charge in [-0.05, 0) is 37.6 Å². The summed E-state index contributed by atoms with van der Waals surface area (Å²) < 4.78 is 19.7. The fraction of sp³-hybridized carbons (Fsp3) is 0.429. The highest BCUT2D eigenvalue weighted by atomic mass is 19.1. The van der Waals surface area contributed by atoms with Gasteiger partial charge in [-0.3, -0.25) is 4.90 Å². The molecule has 1 heterocycles. The fourth-order valence-corrected chi connectivity index (χ4v) is 3.38. The average molecular weight is 358 g/mol. The molecule has 0 spiro atoms. The summed E-state index contributed by atoms with van der Waals surface area (Å²) in [5.41, 5.74) is 2.93. The monoisotopic (exact) mass is 358 g/mol. The van der Waals surface area contributed by atoms with E-state index in [0.717, 1.165) is 37.5 Å². The van der Waals surface area contributed by atoms with E-state index >= 15 is 0 Å². The molecule has 5 heteroatoms. The Morgan fingerprint density at radius 2 is 1.81 bits per heavy atom. The van der Waals surface area contributed by atoms with Crippen molar-refractivity contribution in [3.63, 3.8) is 0 Å². The number of benzene rings is 2. The quantitative estimate of drug-likeness (QED) is 0.861. The number of hydrogen-bond acceptors (Lipinski definition) is 4. The SMILES string of the molecule is Cc1ccc(OC[C@H](O)CN2CCN(c3ccccc3F)CC2)c(C)c1. The summed E-state index contributed by atoms with van der Waals surface area (Å²) in [6.45, 7) is 8.01. The predicted octanol–water partition coefficient (Wildman–Crippen LogP) is 3.00. The number of para-hydroxylation sites is 1. The first-order chi connectivity index (χ1) is 12.5. The molecule has 1 N–H and O–H groups in total. The second-order valence-electron chi connectivity index (χ2n) is 6.97. The number of anilines is 1. The van der Waals surface area contributed by atoms with Crippen LogP contribution in [-0.2, 0) is 0 Å². The number of piperazine rings is 1. The standard InChI is InChI=1S/C21H27FN2O2/c1-16-7-8-21(17(2)13-16)26-15-18(25)14-23-9-11-24(12-10-23)20-6-4-3-5-19(20)22/h3-8,13,18,25H,9-12,14-15H2,1-2H3/t18-/m1/s1. The molecule has 0 amide bonds. The van der Waals surface area contributed by atoms with E-state index in [1.807, 2.05) is 38.1 Å². The maximum Gasteiger partial charge on any atom is 0.146 e. The van der Waals surface area contributed by atoms with Crippen molar-refractivity contribution in [3.8, 4) is 5.75 Å². The maximum atomic E-state index is 13.9. The molecule has 1 aliphatic rings. The van der Waals surface area contributed by atoms with Crippen molar-refractivity contribution >= 4 is 5.69 Å². The molecular formula is C21H27FN2O2. The van der Waals surface area contributed by atoms with Crippen molar-refractivity contribution < 1.29 is 14.2 Å². The molecule has 2 aromatic rings. The van der Waals surface area contributed by atoms with E-state index in [-0.39, 0.29) is 12.4 Å². The number of halogens is 1. The van der Waals surface area contributed by atoms with Crippen molar-refractivity contribution in [2.24, 2.45) is 0 Å². The lowest BCUT2D eigenvalue weighted by atomic mass is 10.1. The van der Waals surface area contributed by atoms with Gasteiger partial charge in [0.25, 0.3) is 0 Å². The minimum atomic E-state index is -0.546. The lowest BCUT2D eigenvalue weighted by Gasteiger charge is -2.37. The Morgan fingerprint density at radius 3 is 2.50 bits per heavy atom. The number of aliphatic hydroxyl groups is 1. The average Bonchev–Trinajstić information content (AvgIpc) is 2.62. The highest BCUT2D eigenvalue weighted by Gasteiger charge is 2.21. The van der Waals surface area contributed by atoms with Gasteiger partial charge < -0.3 is 14.7 Å². The maximum absolute atomic E-state index is 13.9. The first-order valence-corrected chi connectivity index (χ1v) is 9.13. The molecule has 0 bridgehead atoms. The molecule has 0 unspecified atom stereocenters. The van der Waals surface area contributed by atoms with E-state index in [1.54, 1.807) is 6.07 Å². The zero-order valence-corrected chi connectivity index (χ0v) is 15.5. The fourth-order valence-electron chi connectivity index (χ4n) is 3.38. The number of aliphatic hydroxyl groups excluding tert-OH is 1. The first-order valence-electron chi connectivity index (χ1n) is 9.13. The normalized spacial score (nSPS) is 16.5. The van der Waals surface area contributed by atoms with E-state index in [2.05, 4.69) is 15.9 Å². The van der Waals surface area contributed by atoms with E-state index in [4.69, 9.17) is 4.74 Å². The Labute approximate surface area is 154 Å². The van der Waals surface area contributed by atoms with Gasteiger partial charge in [0.2, 0.25) is 0 Å². The van der Waals surface area contributed by atoms with E-state index in [1.165, 1.54) is 11.6 Å². The number of β-amino-alcohol motifs (C(OH)–C–C–N with tert-alkyl or cyclic N) is 1. The lowest BCUT2D eigenvalue weighted by Crippen LogP contribution is -2.49. The van der Waals surface area contributed by atoms with Crippen LogP contribution in [0.1, 0.15) is 11.1 Å². The third-order valence-corrected chi connectivity index (χ3v) is 4.80. The Kier molecular flexibility index (Phi) is 6.12. The Morgan fingerprint density at radius 1 is 1.08 bits per heavy atom. The highest BCUT2D eigenvalue weighted by molar-refractivity contribution is 5.48. The Bertz CT molecular complexity index is 730. The third kappa shape index (κ3) is 4.74. The van der Waals surface area contributed by atoms with Crippen LogP contribution in [0.4, 0.5) is 10.1 Å². The summed E-state index contributed by atoms with van der Waals surface area (Å²) in [6, 6.07) is 12.9. The Balaban J connectivity index is 1.44. The summed E-state index contributed by atoms with van der Waals surface area (Å²) in [6.07, 6.45) is -0.546. The molecule has 0 saturated carbocycles. The van der Waals surface area contributed by atoms with Crippen LogP contribution >= 0.6 is 0 Å². The first kappa shape index (κ1) is 18.7. The van der Waals surface area contributed by atoms with Gasteiger partial charge in [0, 0.05) is 32.7 Å². The predicted molar refractivity (Wildman–Crippen MR) is 102 cm³/mol. The van der Waals surface area contributed by atoms with E-state index in [9.17, 15) is 9.50 Å². The zero-order valence-electron chi connectivity index (χ0n) is 15.5. The molecule has 2 aromatic carbocycles. The van der Waals surface area contributed by atoms with Gasteiger partial charge in [-0.15, -0.1) is 0 Å². The second-order valence-corrected chi connectivity index (χ2v) is 6.97. The molecule has 1 saturated heterocycles. The summed E-state index contributed by atoms with van der Waals surface area (Å²) in [7, 11) is 0. The summed E-state index contributed by atoms with van der Waals surface area (Å²) in [5, 5.41) is 10.3. The minimum absolute atomic E-state index is 0.178. The van der Waals surface area contributed by atoms with Gasteiger partial charge in [-0.2, -0.15) is 0 Å². The number of rotatable bonds is 6. The third-order valence-electron chi connectivity index (χ3n) is 4.80. The molecule has 3 rings (SSSR count). The summed E-state index contributed by atoms with van der Waals surface area (Å²) in [4.78, 5) is 4.26. The van der Waals surface area contributed by atoms with Crippen LogP contribution in [0.2, 0.25) is 0 Å². The molecule has 1 fully saturated rings. The zero-order chi connectivity index (χ0) is 18.5. The van der Waals surface area contributed by atoms with Crippen molar-refractivity contribution in [2.45, 2.75) is 20.0 Å². The van der Waals surface area contributed by atoms with Crippen molar-refractivity contribution in [2.75, 3.05) is 44.2 Å². The number of aryl methyl sites for hydroxylation is 2. The van der Waals surface area contributed by atoms with E-state index in [0.29, 0.717) is 12.2 Å². The van der Waals surface area contributed by atoms with Crippen LogP contribution in [-0.4, -0.2) is 55.4 Å². The largest absolute Gasteiger partial charge is 0.491 e. The highest BCUT2D eigenvalue weighted by Crippen LogP contribution is 2.21. The van der Waals surface area contributed by atoms with Crippen LogP contribution in [0.5, 0.6) is 5.75 Å². The van der Waals surface area contributed by atoms with Gasteiger partial charge in [0.15, 0.2) is 0 Å². The van der Waals surface area contributed by atoms with E-state index < -0.39 is 6.10 Å². The molecule has 4 nitrogen and oxygen atoms in total. The minimum Gasteiger partial charge on any atom is -0.491 e. The van der Waals surface area contributed by atoms with Crippen molar-refractivity contribution in [1.82, 2.24) is 4.90 Å². The smallest absolute Gasteiger partial charge is 0.146 e. The molecular weight excluding hydrogens is 331 g/mol. The van der Waals surface area contributed by atoms with Crippen LogP contribution in [0.25, 0.3) is 0 Å². The van der Waals surface area contributed by atoms with Gasteiger partial charge in [0.05, 0.1) is 5.69 Å². The summed E-state index contributed by atoms with van der Waals surface area (Å²) in [5.74, 6) is 0.641. The molecule has 1 aliphatic heterocycles. The molecule has 0 aromatic heterocycles. The molecule has 140 valence electrons. The second kappa shape index (κ2) is 8.52. The topological polar surface area (TPSA) is 35.9 Å².